The minimum absolute atomic E-state index is 1.11. The van der Waals surface area contributed by atoms with Gasteiger partial charge in [0.15, 0.2) is 0 Å². The van der Waals surface area contributed by atoms with Crippen LogP contribution in [0.2, 0.25) is 0 Å². The van der Waals surface area contributed by atoms with Crippen LogP contribution in [0.25, 0.3) is 75.5 Å². The zero-order chi connectivity index (χ0) is 35.8. The van der Waals surface area contributed by atoms with Gasteiger partial charge >= 0.3 is 0 Å². The molecule has 10 rings (SSSR count). The van der Waals surface area contributed by atoms with Crippen molar-refractivity contribution in [2.45, 2.75) is 0 Å². The van der Waals surface area contributed by atoms with E-state index in [0.717, 1.165) is 17.1 Å². The zero-order valence-electron chi connectivity index (χ0n) is 29.6. The molecule has 1 heterocycles. The van der Waals surface area contributed by atoms with Gasteiger partial charge in [0, 0.05) is 36.9 Å². The molecule has 0 aliphatic carbocycles. The van der Waals surface area contributed by atoms with Gasteiger partial charge < -0.3 is 4.90 Å². The van der Waals surface area contributed by atoms with Gasteiger partial charge in [0.2, 0.25) is 0 Å². The Bertz CT molecular complexity index is 2900. The van der Waals surface area contributed by atoms with E-state index in [2.05, 4.69) is 217 Å². The van der Waals surface area contributed by atoms with Crippen molar-refractivity contribution in [1.82, 2.24) is 0 Å². The lowest BCUT2D eigenvalue weighted by Crippen LogP contribution is -2.10. The minimum Gasteiger partial charge on any atom is -0.310 e. The van der Waals surface area contributed by atoms with Crippen molar-refractivity contribution >= 4 is 59.3 Å². The highest BCUT2D eigenvalue weighted by atomic mass is 32.1. The van der Waals surface area contributed by atoms with Crippen LogP contribution >= 0.6 is 11.3 Å². The molecule has 0 amide bonds. The first-order chi connectivity index (χ1) is 26.8. The minimum atomic E-state index is 1.11. The van der Waals surface area contributed by atoms with Crippen molar-refractivity contribution in [3.05, 3.63) is 212 Å². The number of anilines is 3. The van der Waals surface area contributed by atoms with E-state index in [4.69, 9.17) is 0 Å². The van der Waals surface area contributed by atoms with Gasteiger partial charge in [0.05, 0.1) is 5.69 Å². The maximum atomic E-state index is 2.38. The molecular formula is C52H35NS. The summed E-state index contributed by atoms with van der Waals surface area (Å²) in [6.07, 6.45) is 0. The molecule has 0 fully saturated rings. The van der Waals surface area contributed by atoms with E-state index in [9.17, 15) is 0 Å². The summed E-state index contributed by atoms with van der Waals surface area (Å²) in [4.78, 5) is 2.38. The monoisotopic (exact) mass is 705 g/mol. The second-order valence-corrected chi connectivity index (χ2v) is 14.7. The highest BCUT2D eigenvalue weighted by Gasteiger charge is 2.17. The normalized spacial score (nSPS) is 11.3. The Hall–Kier alpha value is -6.74. The molecule has 0 aliphatic rings. The number of thiophene rings is 1. The predicted molar refractivity (Wildman–Crippen MR) is 233 cm³/mol. The van der Waals surface area contributed by atoms with E-state index in [-0.39, 0.29) is 0 Å². The lowest BCUT2D eigenvalue weighted by Gasteiger charge is -2.27. The van der Waals surface area contributed by atoms with Gasteiger partial charge in [-0.25, -0.2) is 0 Å². The predicted octanol–water partition coefficient (Wildman–Crippen LogP) is 15.3. The van der Waals surface area contributed by atoms with Crippen LogP contribution in [0.4, 0.5) is 17.1 Å². The molecule has 54 heavy (non-hydrogen) atoms. The maximum Gasteiger partial charge on any atom is 0.0540 e. The summed E-state index contributed by atoms with van der Waals surface area (Å²) >= 11 is 1.90. The van der Waals surface area contributed by atoms with Crippen LogP contribution in [0.5, 0.6) is 0 Å². The summed E-state index contributed by atoms with van der Waals surface area (Å²) in [7, 11) is 0. The summed E-state index contributed by atoms with van der Waals surface area (Å²) in [5, 5.41) is 5.07. The van der Waals surface area contributed by atoms with Crippen LogP contribution in [0.3, 0.4) is 0 Å². The molecule has 10 aromatic rings. The van der Waals surface area contributed by atoms with Gasteiger partial charge in [-0.3, -0.25) is 0 Å². The van der Waals surface area contributed by atoms with Crippen LogP contribution in [-0.4, -0.2) is 0 Å². The number of nitrogens with zero attached hydrogens (tertiary/aromatic N) is 1. The number of benzene rings is 9. The molecule has 0 atom stereocenters. The van der Waals surface area contributed by atoms with Gasteiger partial charge in [-0.2, -0.15) is 0 Å². The van der Waals surface area contributed by atoms with E-state index in [1.54, 1.807) is 0 Å². The molecule has 254 valence electrons. The Kier molecular flexibility index (Phi) is 8.09. The highest BCUT2D eigenvalue weighted by Crippen LogP contribution is 2.45. The van der Waals surface area contributed by atoms with Crippen molar-refractivity contribution in [2.75, 3.05) is 4.90 Å². The van der Waals surface area contributed by atoms with Crippen LogP contribution < -0.4 is 4.90 Å². The van der Waals surface area contributed by atoms with Gasteiger partial charge in [-0.15, -0.1) is 11.3 Å². The molecule has 0 bridgehead atoms. The Balaban J connectivity index is 1.03. The molecule has 1 aromatic heterocycles. The second kappa shape index (κ2) is 13.7. The molecule has 0 aliphatic heterocycles. The van der Waals surface area contributed by atoms with Crippen molar-refractivity contribution in [3.8, 4) is 44.5 Å². The van der Waals surface area contributed by atoms with Crippen LogP contribution in [0.15, 0.2) is 212 Å². The molecule has 0 unspecified atom stereocenters. The van der Waals surface area contributed by atoms with Gasteiger partial charge in [0.1, 0.15) is 0 Å². The fourth-order valence-corrected chi connectivity index (χ4v) is 9.20. The summed E-state index contributed by atoms with van der Waals surface area (Å²) in [5.74, 6) is 0. The van der Waals surface area contributed by atoms with Crippen molar-refractivity contribution in [1.29, 1.82) is 0 Å². The van der Waals surface area contributed by atoms with E-state index in [1.165, 1.54) is 75.5 Å². The Morgan fingerprint density at radius 2 is 0.741 bits per heavy atom. The Morgan fingerprint density at radius 3 is 1.41 bits per heavy atom. The maximum absolute atomic E-state index is 2.38. The lowest BCUT2D eigenvalue weighted by atomic mass is 9.97. The SMILES string of the molecule is c1ccc(-c2ccc(N(c3ccc(-c4cccc(-c5cccc6c5sc5c(-c7ccccc7)cccc56)c4)cc3)c3cccc4ccccc34)cc2)cc1. The first kappa shape index (κ1) is 32.0. The quantitative estimate of drug-likeness (QED) is 0.160. The third-order valence-electron chi connectivity index (χ3n) is 10.5. The number of fused-ring (bicyclic) bond motifs is 4. The molecule has 0 N–H and O–H groups in total. The molecule has 0 spiro atoms. The second-order valence-electron chi connectivity index (χ2n) is 13.7. The van der Waals surface area contributed by atoms with E-state index in [0.29, 0.717) is 0 Å². The van der Waals surface area contributed by atoms with Crippen molar-refractivity contribution < 1.29 is 0 Å². The summed E-state index contributed by atoms with van der Waals surface area (Å²) in [6.45, 7) is 0. The van der Waals surface area contributed by atoms with Gasteiger partial charge in [-0.1, -0.05) is 176 Å². The highest BCUT2D eigenvalue weighted by molar-refractivity contribution is 7.26. The molecule has 0 radical (unpaired) electrons. The summed E-state index contributed by atoms with van der Waals surface area (Å²) < 4.78 is 2.66. The smallest absolute Gasteiger partial charge is 0.0540 e. The lowest BCUT2D eigenvalue weighted by molar-refractivity contribution is 1.30. The number of hydrogen-bond acceptors (Lipinski definition) is 2. The van der Waals surface area contributed by atoms with Crippen molar-refractivity contribution in [3.63, 3.8) is 0 Å². The van der Waals surface area contributed by atoms with Gasteiger partial charge in [0.25, 0.3) is 0 Å². The molecule has 0 saturated heterocycles. The van der Waals surface area contributed by atoms with Crippen molar-refractivity contribution in [2.24, 2.45) is 0 Å². The number of rotatable bonds is 7. The Labute approximate surface area is 319 Å². The average molecular weight is 706 g/mol. The largest absolute Gasteiger partial charge is 0.310 e. The molecule has 9 aromatic carbocycles. The molecule has 1 nitrogen and oxygen atoms in total. The van der Waals surface area contributed by atoms with E-state index < -0.39 is 0 Å². The standard InChI is InChI=1S/C52H35NS/c1-3-13-36(14-4-1)37-27-31-43(32-28-37)53(50-26-10-18-39-17-7-8-21-45(39)50)44-33-29-38(30-34-44)41-19-9-20-42(35-41)47-23-12-25-49-48-24-11-22-46(51(48)54-52(47)49)40-15-5-2-6-16-40/h1-35H. The zero-order valence-corrected chi connectivity index (χ0v) is 30.4. The molecule has 0 saturated carbocycles. The first-order valence-electron chi connectivity index (χ1n) is 18.4. The van der Waals surface area contributed by atoms with Crippen LogP contribution in [0.1, 0.15) is 0 Å². The van der Waals surface area contributed by atoms with Crippen LogP contribution in [0, 0.1) is 0 Å². The Morgan fingerprint density at radius 1 is 0.296 bits per heavy atom. The first-order valence-corrected chi connectivity index (χ1v) is 19.2. The number of hydrogen-bond donors (Lipinski definition) is 0. The molecule has 2 heteroatoms. The van der Waals surface area contributed by atoms with Gasteiger partial charge in [-0.05, 0) is 86.3 Å². The molecular weight excluding hydrogens is 671 g/mol. The summed E-state index contributed by atoms with van der Waals surface area (Å²) in [5.41, 5.74) is 13.2. The summed E-state index contributed by atoms with van der Waals surface area (Å²) in [6, 6.07) is 76.9. The average Bonchev–Trinajstić information content (AvgIpc) is 3.64. The third kappa shape index (κ3) is 5.74. The topological polar surface area (TPSA) is 3.24 Å². The fourth-order valence-electron chi connectivity index (χ4n) is 7.83. The van der Waals surface area contributed by atoms with Crippen LogP contribution in [-0.2, 0) is 0 Å². The van der Waals surface area contributed by atoms with E-state index in [1.807, 2.05) is 11.3 Å². The third-order valence-corrected chi connectivity index (χ3v) is 11.8. The van der Waals surface area contributed by atoms with E-state index >= 15 is 0 Å². The fraction of sp³-hybridized carbons (Fsp3) is 0.